The van der Waals surface area contributed by atoms with Gasteiger partial charge < -0.3 is 19.5 Å². The van der Waals surface area contributed by atoms with Gasteiger partial charge in [-0.3, -0.25) is 4.90 Å². The lowest BCUT2D eigenvalue weighted by Crippen LogP contribution is -2.31. The van der Waals surface area contributed by atoms with E-state index in [4.69, 9.17) is 14.2 Å². The third-order valence-corrected chi connectivity index (χ3v) is 4.11. The molecule has 1 N–H and O–H groups in total. The second-order valence-electron chi connectivity index (χ2n) is 5.26. The van der Waals surface area contributed by atoms with Crippen LogP contribution in [0.2, 0.25) is 0 Å². The Morgan fingerprint density at radius 1 is 0.952 bits per heavy atom. The van der Waals surface area contributed by atoms with E-state index in [2.05, 4.69) is 17.1 Å². The van der Waals surface area contributed by atoms with Gasteiger partial charge in [0.1, 0.15) is 5.75 Å². The molecular weight excluding hydrogens is 268 g/mol. The van der Waals surface area contributed by atoms with Crippen molar-refractivity contribution in [1.29, 1.82) is 0 Å². The van der Waals surface area contributed by atoms with Crippen molar-refractivity contribution in [2.24, 2.45) is 0 Å². The van der Waals surface area contributed by atoms with Crippen LogP contribution in [0.4, 0.5) is 0 Å². The molecular formula is C16H26N2O3. The summed E-state index contributed by atoms with van der Waals surface area (Å²) >= 11 is 0. The molecule has 1 aliphatic heterocycles. The lowest BCUT2D eigenvalue weighted by molar-refractivity contribution is 0.220. The first-order valence-corrected chi connectivity index (χ1v) is 7.46. The van der Waals surface area contributed by atoms with Gasteiger partial charge in [-0.1, -0.05) is 0 Å². The Bertz CT molecular complexity index is 457. The number of hydrogen-bond donors (Lipinski definition) is 1. The maximum Gasteiger partial charge on any atom is 0.164 e. The van der Waals surface area contributed by atoms with E-state index in [-0.39, 0.29) is 6.04 Å². The van der Waals surface area contributed by atoms with Crippen LogP contribution in [0, 0.1) is 0 Å². The molecule has 1 aromatic rings. The first kappa shape index (κ1) is 15.9. The Kier molecular flexibility index (Phi) is 5.70. The van der Waals surface area contributed by atoms with Gasteiger partial charge in [-0.25, -0.2) is 0 Å². The van der Waals surface area contributed by atoms with Crippen LogP contribution in [0.1, 0.15) is 24.9 Å². The standard InChI is InChI=1S/C16H26N2O3/c1-12(18-8-5-6-17-7-9-18)13-10-15(20-3)16(21-4)11-14(13)19-2/h10-12,17H,5-9H2,1-4H3. The molecule has 5 nitrogen and oxygen atoms in total. The number of nitrogens with zero attached hydrogens (tertiary/aromatic N) is 1. The van der Waals surface area contributed by atoms with Crippen molar-refractivity contribution in [3.8, 4) is 17.2 Å². The van der Waals surface area contributed by atoms with Crippen LogP contribution in [-0.2, 0) is 0 Å². The van der Waals surface area contributed by atoms with E-state index in [1.54, 1.807) is 21.3 Å². The summed E-state index contributed by atoms with van der Waals surface area (Å²) < 4.78 is 16.3. The van der Waals surface area contributed by atoms with Crippen LogP contribution in [0.15, 0.2) is 12.1 Å². The van der Waals surface area contributed by atoms with Crippen LogP contribution in [0.3, 0.4) is 0 Å². The number of ether oxygens (including phenoxy) is 3. The monoisotopic (exact) mass is 294 g/mol. The van der Waals surface area contributed by atoms with E-state index >= 15 is 0 Å². The fourth-order valence-electron chi connectivity index (χ4n) is 2.83. The van der Waals surface area contributed by atoms with Crippen LogP contribution in [0.5, 0.6) is 17.2 Å². The molecule has 1 aliphatic rings. The lowest BCUT2D eigenvalue weighted by atomic mass is 10.0. The minimum absolute atomic E-state index is 0.277. The molecule has 118 valence electrons. The molecule has 1 heterocycles. The van der Waals surface area contributed by atoms with Crippen molar-refractivity contribution >= 4 is 0 Å². The zero-order valence-electron chi connectivity index (χ0n) is 13.4. The van der Waals surface area contributed by atoms with Gasteiger partial charge in [-0.05, 0) is 32.5 Å². The van der Waals surface area contributed by atoms with E-state index in [1.165, 1.54) is 6.42 Å². The van der Waals surface area contributed by atoms with Gasteiger partial charge in [-0.15, -0.1) is 0 Å². The lowest BCUT2D eigenvalue weighted by Gasteiger charge is -2.29. The molecule has 0 saturated carbocycles. The molecule has 1 aromatic carbocycles. The van der Waals surface area contributed by atoms with E-state index in [0.29, 0.717) is 5.75 Å². The summed E-state index contributed by atoms with van der Waals surface area (Å²) in [6.07, 6.45) is 1.17. The smallest absolute Gasteiger partial charge is 0.164 e. The predicted octanol–water partition coefficient (Wildman–Crippen LogP) is 2.07. The summed E-state index contributed by atoms with van der Waals surface area (Å²) in [7, 11) is 5.00. The molecule has 5 heteroatoms. The molecule has 0 radical (unpaired) electrons. The molecule has 1 unspecified atom stereocenters. The first-order chi connectivity index (χ1) is 10.2. The van der Waals surface area contributed by atoms with Crippen molar-refractivity contribution in [1.82, 2.24) is 10.2 Å². The van der Waals surface area contributed by atoms with Crippen LogP contribution in [-0.4, -0.2) is 52.4 Å². The van der Waals surface area contributed by atoms with Gasteiger partial charge >= 0.3 is 0 Å². The van der Waals surface area contributed by atoms with Gasteiger partial charge in [-0.2, -0.15) is 0 Å². The molecule has 0 bridgehead atoms. The summed E-state index contributed by atoms with van der Waals surface area (Å²) in [6.45, 7) is 6.46. The number of methoxy groups -OCH3 is 3. The largest absolute Gasteiger partial charge is 0.496 e. The molecule has 1 atom stereocenters. The molecule has 1 fully saturated rings. The zero-order chi connectivity index (χ0) is 15.2. The Hall–Kier alpha value is -1.46. The zero-order valence-corrected chi connectivity index (χ0v) is 13.4. The molecule has 0 amide bonds. The topological polar surface area (TPSA) is 43.0 Å². The second-order valence-corrected chi connectivity index (χ2v) is 5.26. The van der Waals surface area contributed by atoms with Crippen molar-refractivity contribution in [2.45, 2.75) is 19.4 Å². The van der Waals surface area contributed by atoms with Crippen LogP contribution < -0.4 is 19.5 Å². The van der Waals surface area contributed by atoms with E-state index in [0.717, 1.165) is 43.2 Å². The summed E-state index contributed by atoms with van der Waals surface area (Å²) in [6, 6.07) is 4.21. The highest BCUT2D eigenvalue weighted by Crippen LogP contribution is 2.39. The Balaban J connectivity index is 2.31. The van der Waals surface area contributed by atoms with Gasteiger partial charge in [0.2, 0.25) is 0 Å². The summed E-state index contributed by atoms with van der Waals surface area (Å²) in [5.74, 6) is 2.29. The third-order valence-electron chi connectivity index (χ3n) is 4.11. The minimum atomic E-state index is 0.277. The van der Waals surface area contributed by atoms with E-state index in [1.807, 2.05) is 12.1 Å². The quantitative estimate of drug-likeness (QED) is 0.900. The average Bonchev–Trinajstić information content (AvgIpc) is 2.82. The summed E-state index contributed by atoms with van der Waals surface area (Å²) in [5.41, 5.74) is 1.14. The van der Waals surface area contributed by atoms with Crippen molar-refractivity contribution < 1.29 is 14.2 Å². The number of hydrogen-bond acceptors (Lipinski definition) is 5. The fourth-order valence-corrected chi connectivity index (χ4v) is 2.83. The molecule has 0 aliphatic carbocycles. The maximum absolute atomic E-state index is 5.55. The molecule has 1 saturated heterocycles. The van der Waals surface area contributed by atoms with Gasteiger partial charge in [0.05, 0.1) is 21.3 Å². The maximum atomic E-state index is 5.55. The van der Waals surface area contributed by atoms with Gasteiger partial charge in [0, 0.05) is 30.8 Å². The van der Waals surface area contributed by atoms with E-state index < -0.39 is 0 Å². The SMILES string of the molecule is COc1cc(OC)c(C(C)N2CCCNCC2)cc1OC. The molecule has 21 heavy (non-hydrogen) atoms. The third kappa shape index (κ3) is 3.60. The highest BCUT2D eigenvalue weighted by atomic mass is 16.5. The van der Waals surface area contributed by atoms with Crippen LogP contribution >= 0.6 is 0 Å². The van der Waals surface area contributed by atoms with Gasteiger partial charge in [0.15, 0.2) is 11.5 Å². The van der Waals surface area contributed by atoms with E-state index in [9.17, 15) is 0 Å². The van der Waals surface area contributed by atoms with Gasteiger partial charge in [0.25, 0.3) is 0 Å². The fraction of sp³-hybridized carbons (Fsp3) is 0.625. The molecule has 0 aromatic heterocycles. The molecule has 2 rings (SSSR count). The normalized spacial score (nSPS) is 17.9. The first-order valence-electron chi connectivity index (χ1n) is 7.46. The van der Waals surface area contributed by atoms with Crippen molar-refractivity contribution in [3.05, 3.63) is 17.7 Å². The van der Waals surface area contributed by atoms with Crippen LogP contribution in [0.25, 0.3) is 0 Å². The summed E-state index contributed by atoms with van der Waals surface area (Å²) in [5, 5.41) is 3.44. The predicted molar refractivity (Wildman–Crippen MR) is 83.6 cm³/mol. The van der Waals surface area contributed by atoms with Crippen molar-refractivity contribution in [2.75, 3.05) is 47.5 Å². The second kappa shape index (κ2) is 7.52. The average molecular weight is 294 g/mol. The highest BCUT2D eigenvalue weighted by molar-refractivity contribution is 5.51. The van der Waals surface area contributed by atoms with Crippen molar-refractivity contribution in [3.63, 3.8) is 0 Å². The Labute approximate surface area is 127 Å². The highest BCUT2D eigenvalue weighted by Gasteiger charge is 2.22. The summed E-state index contributed by atoms with van der Waals surface area (Å²) in [4.78, 5) is 2.48. The molecule has 0 spiro atoms. The number of rotatable bonds is 5. The number of nitrogens with one attached hydrogen (secondary N) is 1. The Morgan fingerprint density at radius 2 is 1.62 bits per heavy atom. The number of benzene rings is 1. The minimum Gasteiger partial charge on any atom is -0.496 e. The Morgan fingerprint density at radius 3 is 2.29 bits per heavy atom.